The molecule has 1 amide bonds. The third-order valence-corrected chi connectivity index (χ3v) is 4.52. The van der Waals surface area contributed by atoms with Crippen LogP contribution in [0, 0.1) is 5.92 Å². The van der Waals surface area contributed by atoms with E-state index in [2.05, 4.69) is 25.2 Å². The zero-order valence-electron chi connectivity index (χ0n) is 13.8. The van der Waals surface area contributed by atoms with Crippen LogP contribution in [0.4, 0.5) is 11.6 Å². The topological polar surface area (TPSA) is 71.0 Å². The van der Waals surface area contributed by atoms with Crippen molar-refractivity contribution in [2.24, 2.45) is 5.92 Å². The van der Waals surface area contributed by atoms with Gasteiger partial charge in [-0.15, -0.1) is 0 Å². The SMILES string of the molecule is O=C(Nc1ccc2ccccc2n1)C1CCCN(c2cnccn2)C1. The predicted octanol–water partition coefficient (Wildman–Crippen LogP) is 2.88. The molecular formula is C19H19N5O. The molecule has 1 aliphatic heterocycles. The van der Waals surface area contributed by atoms with Crippen molar-refractivity contribution in [3.8, 4) is 0 Å². The third kappa shape index (κ3) is 3.42. The molecule has 6 nitrogen and oxygen atoms in total. The Hall–Kier alpha value is -3.02. The van der Waals surface area contributed by atoms with Gasteiger partial charge in [0.25, 0.3) is 0 Å². The number of piperidine rings is 1. The van der Waals surface area contributed by atoms with Crippen LogP contribution in [0.3, 0.4) is 0 Å². The number of nitrogens with zero attached hydrogens (tertiary/aromatic N) is 4. The summed E-state index contributed by atoms with van der Waals surface area (Å²) in [6.45, 7) is 1.55. The normalized spacial score (nSPS) is 17.4. The van der Waals surface area contributed by atoms with Crippen LogP contribution >= 0.6 is 0 Å². The Labute approximate surface area is 145 Å². The van der Waals surface area contributed by atoms with E-state index in [9.17, 15) is 4.79 Å². The molecule has 0 aliphatic carbocycles. The maximum absolute atomic E-state index is 12.7. The molecule has 1 unspecified atom stereocenters. The Morgan fingerprint density at radius 1 is 1.16 bits per heavy atom. The average molecular weight is 333 g/mol. The van der Waals surface area contributed by atoms with Crippen LogP contribution in [0.1, 0.15) is 12.8 Å². The van der Waals surface area contributed by atoms with Gasteiger partial charge in [0.05, 0.1) is 17.6 Å². The van der Waals surface area contributed by atoms with Crippen LogP contribution in [-0.2, 0) is 4.79 Å². The number of benzene rings is 1. The van der Waals surface area contributed by atoms with E-state index in [1.54, 1.807) is 18.6 Å². The van der Waals surface area contributed by atoms with Crippen LogP contribution in [0.25, 0.3) is 10.9 Å². The monoisotopic (exact) mass is 333 g/mol. The molecule has 0 radical (unpaired) electrons. The van der Waals surface area contributed by atoms with Gasteiger partial charge in [0.2, 0.25) is 5.91 Å². The second-order valence-corrected chi connectivity index (χ2v) is 6.23. The summed E-state index contributed by atoms with van der Waals surface area (Å²) in [5.74, 6) is 1.35. The maximum Gasteiger partial charge on any atom is 0.230 e. The molecule has 2 aromatic heterocycles. The summed E-state index contributed by atoms with van der Waals surface area (Å²) >= 11 is 0. The molecule has 4 rings (SSSR count). The van der Waals surface area contributed by atoms with Crippen molar-refractivity contribution < 1.29 is 4.79 Å². The standard InChI is InChI=1S/C19H19N5O/c25-19(23-17-8-7-14-4-1-2-6-16(14)22-17)15-5-3-11-24(13-15)18-12-20-9-10-21-18/h1-2,4,6-10,12,15H,3,5,11,13H2,(H,22,23,25). The van der Waals surface area contributed by atoms with E-state index in [1.807, 2.05) is 36.4 Å². The molecule has 1 saturated heterocycles. The Morgan fingerprint density at radius 3 is 2.96 bits per heavy atom. The number of hydrogen-bond acceptors (Lipinski definition) is 5. The summed E-state index contributed by atoms with van der Waals surface area (Å²) in [6.07, 6.45) is 6.90. The first kappa shape index (κ1) is 15.5. The van der Waals surface area contributed by atoms with Crippen molar-refractivity contribution in [1.29, 1.82) is 0 Å². The molecule has 0 saturated carbocycles. The first-order chi connectivity index (χ1) is 12.3. The highest BCUT2D eigenvalue weighted by Gasteiger charge is 2.26. The summed E-state index contributed by atoms with van der Waals surface area (Å²) in [7, 11) is 0. The number of fused-ring (bicyclic) bond motifs is 1. The Kier molecular flexibility index (Phi) is 4.24. The van der Waals surface area contributed by atoms with Gasteiger partial charge in [-0.3, -0.25) is 9.78 Å². The molecule has 3 aromatic rings. The number of hydrogen-bond donors (Lipinski definition) is 1. The lowest BCUT2D eigenvalue weighted by Crippen LogP contribution is -2.41. The molecule has 6 heteroatoms. The second-order valence-electron chi connectivity index (χ2n) is 6.23. The fourth-order valence-electron chi connectivity index (χ4n) is 3.22. The van der Waals surface area contributed by atoms with Crippen LogP contribution < -0.4 is 10.2 Å². The van der Waals surface area contributed by atoms with Gasteiger partial charge in [-0.25, -0.2) is 9.97 Å². The molecule has 0 spiro atoms. The van der Waals surface area contributed by atoms with Crippen molar-refractivity contribution in [3.05, 3.63) is 55.0 Å². The number of aromatic nitrogens is 3. The first-order valence-corrected chi connectivity index (χ1v) is 8.47. The minimum absolute atomic E-state index is 0.0105. The second kappa shape index (κ2) is 6.84. The predicted molar refractivity (Wildman–Crippen MR) is 97.3 cm³/mol. The van der Waals surface area contributed by atoms with Crippen LogP contribution in [0.5, 0.6) is 0 Å². The Balaban J connectivity index is 1.46. The number of anilines is 2. The lowest BCUT2D eigenvalue weighted by Gasteiger charge is -2.32. The van der Waals surface area contributed by atoms with Gasteiger partial charge in [0.1, 0.15) is 11.6 Å². The summed E-state index contributed by atoms with van der Waals surface area (Å²) in [4.78, 5) is 27.8. The van der Waals surface area contributed by atoms with E-state index in [0.717, 1.165) is 36.1 Å². The van der Waals surface area contributed by atoms with Gasteiger partial charge in [-0.2, -0.15) is 0 Å². The van der Waals surface area contributed by atoms with E-state index in [-0.39, 0.29) is 11.8 Å². The van der Waals surface area contributed by atoms with Gasteiger partial charge in [-0.05, 0) is 31.0 Å². The molecule has 1 fully saturated rings. The number of carbonyl (C=O) groups is 1. The Morgan fingerprint density at radius 2 is 2.08 bits per heavy atom. The molecule has 1 aliphatic rings. The molecule has 0 bridgehead atoms. The van der Waals surface area contributed by atoms with Crippen molar-refractivity contribution in [1.82, 2.24) is 15.0 Å². The first-order valence-electron chi connectivity index (χ1n) is 8.47. The van der Waals surface area contributed by atoms with E-state index in [4.69, 9.17) is 0 Å². The number of rotatable bonds is 3. The molecule has 25 heavy (non-hydrogen) atoms. The minimum atomic E-state index is -0.0796. The molecule has 3 heterocycles. The highest BCUT2D eigenvalue weighted by molar-refractivity contribution is 5.93. The van der Waals surface area contributed by atoms with Crippen LogP contribution in [0.15, 0.2) is 55.0 Å². The summed E-state index contributed by atoms with van der Waals surface area (Å²) in [5.41, 5.74) is 0.880. The number of nitrogens with one attached hydrogen (secondary N) is 1. The lowest BCUT2D eigenvalue weighted by molar-refractivity contribution is -0.120. The number of para-hydroxylation sites is 1. The minimum Gasteiger partial charge on any atom is -0.355 e. The molecule has 1 N–H and O–H groups in total. The van der Waals surface area contributed by atoms with Crippen molar-refractivity contribution in [2.45, 2.75) is 12.8 Å². The largest absolute Gasteiger partial charge is 0.355 e. The highest BCUT2D eigenvalue weighted by atomic mass is 16.2. The van der Waals surface area contributed by atoms with Gasteiger partial charge in [0, 0.05) is 30.9 Å². The van der Waals surface area contributed by atoms with E-state index >= 15 is 0 Å². The van der Waals surface area contributed by atoms with Gasteiger partial charge >= 0.3 is 0 Å². The fourth-order valence-corrected chi connectivity index (χ4v) is 3.22. The summed E-state index contributed by atoms with van der Waals surface area (Å²) in [6, 6.07) is 11.7. The maximum atomic E-state index is 12.7. The van der Waals surface area contributed by atoms with E-state index < -0.39 is 0 Å². The Bertz CT molecular complexity index is 883. The van der Waals surface area contributed by atoms with Crippen molar-refractivity contribution in [2.75, 3.05) is 23.3 Å². The van der Waals surface area contributed by atoms with Gasteiger partial charge in [0.15, 0.2) is 0 Å². The van der Waals surface area contributed by atoms with Crippen molar-refractivity contribution in [3.63, 3.8) is 0 Å². The van der Waals surface area contributed by atoms with Crippen LogP contribution in [0.2, 0.25) is 0 Å². The highest BCUT2D eigenvalue weighted by Crippen LogP contribution is 2.22. The zero-order chi connectivity index (χ0) is 17.1. The number of carbonyl (C=O) groups excluding carboxylic acids is 1. The third-order valence-electron chi connectivity index (χ3n) is 4.52. The van der Waals surface area contributed by atoms with Crippen molar-refractivity contribution >= 4 is 28.4 Å². The molecular weight excluding hydrogens is 314 g/mol. The number of pyridine rings is 1. The quantitative estimate of drug-likeness (QED) is 0.798. The van der Waals surface area contributed by atoms with E-state index in [1.165, 1.54) is 0 Å². The van der Waals surface area contributed by atoms with Gasteiger partial charge in [-0.1, -0.05) is 18.2 Å². The summed E-state index contributed by atoms with van der Waals surface area (Å²) in [5, 5.41) is 4.03. The molecule has 1 aromatic carbocycles. The van der Waals surface area contributed by atoms with Gasteiger partial charge < -0.3 is 10.2 Å². The number of amides is 1. The average Bonchev–Trinajstić information content (AvgIpc) is 2.69. The van der Waals surface area contributed by atoms with Crippen LogP contribution in [-0.4, -0.2) is 33.9 Å². The fraction of sp³-hybridized carbons (Fsp3) is 0.263. The zero-order valence-corrected chi connectivity index (χ0v) is 13.8. The molecule has 126 valence electrons. The molecule has 1 atom stereocenters. The smallest absolute Gasteiger partial charge is 0.230 e. The lowest BCUT2D eigenvalue weighted by atomic mass is 9.97. The van der Waals surface area contributed by atoms with E-state index in [0.29, 0.717) is 12.4 Å². The summed E-state index contributed by atoms with van der Waals surface area (Å²) < 4.78 is 0.